The summed E-state index contributed by atoms with van der Waals surface area (Å²) in [5, 5.41) is -14.9. The Kier molecular flexibility index (Phi) is 6.11. The molecule has 22 rings (SSSR count). The standard InChI is InChI=1S/C40H26.2C34H22/c1-2-13-29-25-31(24-23-27(29)11-1)30-15-9-16-32(26-30)39-35-18-5-7-20-37(35)40(38-21-8-6-19-36(38)39)34-22-10-14-28-12-3-4-17-33(28)34;1-3-15-25-23(11-1)13-9-21-27(25)33-29-17-5-7-19-31(29)34(32-20-8-6-18-30(32)33)28-22-10-14-24-12-2-4-16-26(24)28;1-3-11-25-21-27(19-17-23(25)9-1)33-29-13-5-7-15-31(29)34(32-16-8-6-14-30(32)33)28-20-18-24-10-2-4-12-26(24)22-28/h1-26H;2*1-22H/i1D,2D,3D,4D,5D,6D,7D,8D,9D,10D,11D,12D,13D,14D,15D,16D,17D,18D,19D,20D,21D,22D,23D,24D,25D,26D;2*1D,2D,3D,4D,5D,6D,7D,8D,9D,10D,11D,12D,13D,14D,15D,16D,17D,18D,19D,20D,21D,22D. The van der Waals surface area contributed by atoms with Crippen LogP contribution in [0, 0.1) is 0 Å². The van der Waals surface area contributed by atoms with E-state index in [4.69, 9.17) is 76.8 Å². The van der Waals surface area contributed by atoms with Crippen LogP contribution in [0.5, 0.6) is 0 Å². The Hall–Kier alpha value is -14.0. The summed E-state index contributed by atoms with van der Waals surface area (Å²) in [5.41, 5.74) is -9.86. The lowest BCUT2D eigenvalue weighted by atomic mass is 9.84. The maximum absolute atomic E-state index is 9.70. The van der Waals surface area contributed by atoms with Crippen molar-refractivity contribution in [1.29, 1.82) is 0 Å². The molecule has 0 aliphatic heterocycles. The second kappa shape index (κ2) is 27.2. The Bertz CT molecular complexity index is 11100. The zero-order valence-electron chi connectivity index (χ0n) is 124. The Morgan fingerprint density at radius 2 is 0.296 bits per heavy atom. The van der Waals surface area contributed by atoms with E-state index in [9.17, 15) is 19.2 Å². The molecular formula is C108H70. The van der Waals surface area contributed by atoms with Gasteiger partial charge in [-0.05, 0) is 231 Å². The maximum Gasteiger partial charge on any atom is 0.0636 e. The molecule has 0 aromatic heterocycles. The van der Waals surface area contributed by atoms with Gasteiger partial charge >= 0.3 is 0 Å². The summed E-state index contributed by atoms with van der Waals surface area (Å²) in [6.45, 7) is 0. The molecule has 0 heterocycles. The van der Waals surface area contributed by atoms with Gasteiger partial charge in [-0.25, -0.2) is 0 Å². The van der Waals surface area contributed by atoms with Crippen LogP contribution in [0.2, 0.25) is 0 Å². The van der Waals surface area contributed by atoms with Gasteiger partial charge in [0.05, 0.1) is 96.0 Å². The summed E-state index contributed by atoms with van der Waals surface area (Å²) >= 11 is 0. The van der Waals surface area contributed by atoms with Gasteiger partial charge in [-0.15, -0.1) is 0 Å². The highest BCUT2D eigenvalue weighted by Gasteiger charge is 2.22. The topological polar surface area (TPSA) is 0 Å². The second-order valence-electron chi connectivity index (χ2n) is 23.0. The van der Waals surface area contributed by atoms with E-state index in [0.717, 1.165) is 0 Å². The fourth-order valence-corrected chi connectivity index (χ4v) is 12.7. The van der Waals surface area contributed by atoms with Crippen molar-refractivity contribution in [2.24, 2.45) is 0 Å². The number of rotatable bonds is 7. The van der Waals surface area contributed by atoms with Crippen molar-refractivity contribution < 1.29 is 96.0 Å². The van der Waals surface area contributed by atoms with Gasteiger partial charge in [-0.1, -0.05) is 399 Å². The first-order valence-electron chi connectivity index (χ1n) is 66.8. The number of hydrogen-bond acceptors (Lipinski definition) is 0. The fourth-order valence-electron chi connectivity index (χ4n) is 12.7. The molecule has 0 N–H and O–H groups in total. The van der Waals surface area contributed by atoms with E-state index in [2.05, 4.69) is 0 Å². The monoisotopic (exact) mass is 1440 g/mol. The van der Waals surface area contributed by atoms with Crippen LogP contribution >= 0.6 is 0 Å². The normalized spacial score (nSPS) is 20.6. The Balaban J connectivity index is 0.000000156. The van der Waals surface area contributed by atoms with Gasteiger partial charge in [-0.2, -0.15) is 0 Å². The van der Waals surface area contributed by atoms with Crippen molar-refractivity contribution >= 4 is 129 Å². The van der Waals surface area contributed by atoms with Crippen LogP contribution in [0.15, 0.2) is 423 Å². The van der Waals surface area contributed by atoms with Gasteiger partial charge in [0.1, 0.15) is 0 Å². The number of fused-ring (bicyclic) bond motifs is 12. The molecule has 22 aromatic carbocycles. The molecule has 0 unspecified atom stereocenters. The van der Waals surface area contributed by atoms with Crippen molar-refractivity contribution in [3.05, 3.63) is 423 Å². The molecule has 0 heteroatoms. The molecule has 0 aliphatic rings. The fraction of sp³-hybridized carbons (Fsp3) is 0. The quantitative estimate of drug-likeness (QED) is 0.140. The molecule has 0 saturated heterocycles. The molecule has 0 nitrogen and oxygen atoms in total. The largest absolute Gasteiger partial charge is 0.0636 e. The predicted molar refractivity (Wildman–Crippen MR) is 467 cm³/mol. The van der Waals surface area contributed by atoms with Crippen LogP contribution in [0.25, 0.3) is 207 Å². The summed E-state index contributed by atoms with van der Waals surface area (Å²) < 4.78 is 617. The average molecular weight is 1440 g/mol. The minimum absolute atomic E-state index is 0.523. The molecule has 0 aliphatic carbocycles. The second-order valence-corrected chi connectivity index (χ2v) is 23.0. The van der Waals surface area contributed by atoms with Crippen LogP contribution in [-0.4, -0.2) is 0 Å². The van der Waals surface area contributed by atoms with Gasteiger partial charge in [0.15, 0.2) is 0 Å². The molecule has 0 fully saturated rings. The van der Waals surface area contributed by atoms with Crippen molar-refractivity contribution in [3.63, 3.8) is 0 Å². The molecule has 0 saturated carbocycles. The third kappa shape index (κ3) is 11.2. The van der Waals surface area contributed by atoms with Crippen LogP contribution in [0.1, 0.15) is 96.0 Å². The predicted octanol–water partition coefficient (Wildman–Crippen LogP) is 30.6. The zero-order valence-corrected chi connectivity index (χ0v) is 54.0. The Morgan fingerprint density at radius 3 is 0.593 bits per heavy atom. The molecule has 0 bridgehead atoms. The van der Waals surface area contributed by atoms with Gasteiger partial charge in [-0.3, -0.25) is 0 Å². The first-order valence-corrected chi connectivity index (χ1v) is 31.8. The van der Waals surface area contributed by atoms with E-state index in [1.807, 2.05) is 0 Å². The SMILES string of the molecule is [2H]c1c([2H])c(-c2c([2H])c([2H])c3c([2H])c([2H])c([2H])c([2H])c3c2[2H])c([2H])c(-c2c3c([2H])c([2H])c([2H])c([2H])c3c(-c3c([2H])c([2H])c([2H])c4c([2H])c([2H])c([2H])c([2H])c34)c3c([2H])c([2H])c([2H])c([2H])c23)c1[2H].[2H]c1c([2H])c([2H])c2c(-c3c4c([2H])c([2H])c([2H])c([2H])c4c(-c4c([2H])c([2H])c([2H])c5c([2H])c([2H])c([2H])c([2H])c45)c4c([2H])c([2H])c([2H])c([2H])c34)c([2H])c([2H])c([2H])c2c1[2H].[2H]c1c([2H])c([2H])c2c([2H])c(-c3c4c([2H])c([2H])c([2H])c([2H])c4c(-c4c([2H])c([2H])c5c([2H])c([2H])c([2H])c([2H])c5c4[2H])c4c([2H])c([2H])c([2H])c([2H])c34)c([2H])c([2H])c2c1[2H]. The maximum atomic E-state index is 9.70. The van der Waals surface area contributed by atoms with E-state index in [1.54, 1.807) is 0 Å². The Labute approximate surface area is 725 Å². The smallest absolute Gasteiger partial charge is 0.0616 e. The molecule has 108 heavy (non-hydrogen) atoms. The molecule has 22 aromatic rings. The summed E-state index contributed by atoms with van der Waals surface area (Å²) in [5.74, 6) is 0. The Morgan fingerprint density at radius 1 is 0.111 bits per heavy atom. The zero-order chi connectivity index (χ0) is 132. The van der Waals surface area contributed by atoms with Gasteiger partial charge in [0.25, 0.3) is 0 Å². The van der Waals surface area contributed by atoms with Gasteiger partial charge in [0.2, 0.25) is 0 Å². The molecule has 0 atom stereocenters. The molecule has 502 valence electrons. The van der Waals surface area contributed by atoms with Crippen molar-refractivity contribution in [2.75, 3.05) is 0 Å². The molecule has 0 spiro atoms. The first-order chi connectivity index (χ1) is 82.7. The highest BCUT2D eigenvalue weighted by Crippen LogP contribution is 2.50. The van der Waals surface area contributed by atoms with Crippen molar-refractivity contribution in [1.82, 2.24) is 0 Å². The van der Waals surface area contributed by atoms with Crippen LogP contribution < -0.4 is 0 Å². The van der Waals surface area contributed by atoms with E-state index >= 15 is 0 Å². The van der Waals surface area contributed by atoms with Crippen LogP contribution in [0.4, 0.5) is 0 Å². The van der Waals surface area contributed by atoms with Crippen LogP contribution in [0.3, 0.4) is 0 Å². The lowest BCUT2D eigenvalue weighted by molar-refractivity contribution is 1.63. The number of hydrogen-bond donors (Lipinski definition) is 0. The minimum atomic E-state index is -1.07. The van der Waals surface area contributed by atoms with E-state index in [1.165, 1.54) is 0 Å². The minimum Gasteiger partial charge on any atom is -0.0616 e. The van der Waals surface area contributed by atoms with E-state index < -0.39 is 630 Å². The van der Waals surface area contributed by atoms with E-state index in [-0.39, 0.29) is 0 Å². The number of benzene rings is 22. The highest BCUT2D eigenvalue weighted by atomic mass is 14.3. The third-order valence-electron chi connectivity index (χ3n) is 17.2. The molecular weight excluding hydrogens is 1300 g/mol. The van der Waals surface area contributed by atoms with Crippen molar-refractivity contribution in [2.45, 2.75) is 0 Å². The lowest BCUT2D eigenvalue weighted by Gasteiger charge is -2.19. The molecule has 0 radical (unpaired) electrons. The molecule has 0 amide bonds. The van der Waals surface area contributed by atoms with Gasteiger partial charge < -0.3 is 0 Å². The summed E-state index contributed by atoms with van der Waals surface area (Å²) in [6.07, 6.45) is 0. The van der Waals surface area contributed by atoms with Gasteiger partial charge in [0, 0.05) is 0 Å². The summed E-state index contributed by atoms with van der Waals surface area (Å²) in [4.78, 5) is 0. The summed E-state index contributed by atoms with van der Waals surface area (Å²) in [7, 11) is 0. The van der Waals surface area contributed by atoms with Crippen molar-refractivity contribution in [3.8, 4) is 77.9 Å². The third-order valence-corrected chi connectivity index (χ3v) is 17.2. The van der Waals surface area contributed by atoms with Crippen LogP contribution in [-0.2, 0) is 0 Å². The lowest BCUT2D eigenvalue weighted by Crippen LogP contribution is -1.92. The highest BCUT2D eigenvalue weighted by molar-refractivity contribution is 6.27. The summed E-state index contributed by atoms with van der Waals surface area (Å²) in [6, 6.07) is -62.1. The average Bonchev–Trinajstić information content (AvgIpc) is 0.681. The van der Waals surface area contributed by atoms with E-state index in [0.29, 0.717) is 0 Å². The first kappa shape index (κ1) is 24.3.